The molecular weight excluding hydrogens is 428 g/mol. The second-order valence-electron chi connectivity index (χ2n) is 9.24. The maximum absolute atomic E-state index is 12.8. The van der Waals surface area contributed by atoms with Crippen molar-refractivity contribution in [2.75, 3.05) is 18.6 Å². The molecule has 180 valence electrons. The molecule has 2 N–H and O–H groups in total. The molecule has 2 amide bonds. The number of hydrogen-bond acceptors (Lipinski definition) is 5. The number of anilines is 1. The first-order valence-electron chi connectivity index (χ1n) is 12.1. The lowest BCUT2D eigenvalue weighted by Crippen LogP contribution is -2.43. The zero-order valence-electron chi connectivity index (χ0n) is 20.3. The molecule has 7 nitrogen and oxygen atoms in total. The Balaban J connectivity index is 1.34. The largest absolute Gasteiger partial charge is 0.496 e. The number of carbonyl (C=O) groups is 2. The van der Waals surface area contributed by atoms with E-state index in [-0.39, 0.29) is 23.9 Å². The van der Waals surface area contributed by atoms with Gasteiger partial charge in [0.25, 0.3) is 11.8 Å². The van der Waals surface area contributed by atoms with Crippen LogP contribution in [0.1, 0.15) is 65.3 Å². The second-order valence-corrected chi connectivity index (χ2v) is 9.24. The van der Waals surface area contributed by atoms with Crippen molar-refractivity contribution in [3.05, 3.63) is 65.5 Å². The number of methoxy groups -OCH3 is 1. The maximum Gasteiger partial charge on any atom is 0.253 e. The monoisotopic (exact) mass is 462 g/mol. The second kappa shape index (κ2) is 10.3. The van der Waals surface area contributed by atoms with Crippen LogP contribution in [0.25, 0.3) is 0 Å². The third-order valence-electron chi connectivity index (χ3n) is 6.88. The molecule has 34 heavy (non-hydrogen) atoms. The summed E-state index contributed by atoms with van der Waals surface area (Å²) >= 11 is 0. The molecule has 0 radical (unpaired) electrons. The standard InChI is InChI=1S/C27H34N4O3/c1-5-23(19-9-10-19)30-26(32)20-11-12-25(28-16-20)31-14-13-21(15-17(31)2)29-27(33)22-7-6-8-24(34-4)18(22)3/h6-8,11-12,16,19,21,23H,2,5,9-10,13-15H2,1,3-4H3,(H,29,33)(H,30,32). The van der Waals surface area contributed by atoms with Crippen LogP contribution in [0.5, 0.6) is 5.75 Å². The van der Waals surface area contributed by atoms with Crippen LogP contribution in [0.3, 0.4) is 0 Å². The molecule has 1 aliphatic heterocycles. The molecule has 1 aromatic heterocycles. The highest BCUT2D eigenvalue weighted by atomic mass is 16.5. The van der Waals surface area contributed by atoms with Gasteiger partial charge in [0, 0.05) is 48.1 Å². The molecule has 1 saturated heterocycles. The zero-order valence-corrected chi connectivity index (χ0v) is 20.3. The summed E-state index contributed by atoms with van der Waals surface area (Å²) in [6.45, 7) is 8.91. The van der Waals surface area contributed by atoms with Crippen molar-refractivity contribution in [2.45, 2.75) is 58.0 Å². The first kappa shape index (κ1) is 23.8. The molecule has 4 rings (SSSR count). The summed E-state index contributed by atoms with van der Waals surface area (Å²) in [5.74, 6) is 1.93. The minimum Gasteiger partial charge on any atom is -0.496 e. The van der Waals surface area contributed by atoms with Gasteiger partial charge in [-0.15, -0.1) is 0 Å². The SMILES string of the molecule is C=C1CC(NC(=O)c2cccc(OC)c2C)CCN1c1ccc(C(=O)NC(CC)C2CC2)cn1. The molecular formula is C27H34N4O3. The van der Waals surface area contributed by atoms with E-state index in [1.165, 1.54) is 12.8 Å². The smallest absolute Gasteiger partial charge is 0.253 e. The van der Waals surface area contributed by atoms with Gasteiger partial charge in [-0.25, -0.2) is 4.98 Å². The molecule has 2 fully saturated rings. The van der Waals surface area contributed by atoms with E-state index in [0.717, 1.165) is 29.9 Å². The van der Waals surface area contributed by atoms with E-state index in [1.54, 1.807) is 13.3 Å². The number of carbonyl (C=O) groups excluding carboxylic acids is 2. The molecule has 0 spiro atoms. The number of rotatable bonds is 8. The van der Waals surface area contributed by atoms with Crippen LogP contribution in [0, 0.1) is 12.8 Å². The van der Waals surface area contributed by atoms with E-state index >= 15 is 0 Å². The van der Waals surface area contributed by atoms with E-state index in [0.29, 0.717) is 35.8 Å². The molecule has 0 bridgehead atoms. The van der Waals surface area contributed by atoms with Gasteiger partial charge >= 0.3 is 0 Å². The van der Waals surface area contributed by atoms with Crippen molar-refractivity contribution in [1.29, 1.82) is 0 Å². The third kappa shape index (κ3) is 5.24. The van der Waals surface area contributed by atoms with Crippen LogP contribution in [0.2, 0.25) is 0 Å². The predicted molar refractivity (Wildman–Crippen MR) is 133 cm³/mol. The van der Waals surface area contributed by atoms with Crippen molar-refractivity contribution in [3.63, 3.8) is 0 Å². The summed E-state index contributed by atoms with van der Waals surface area (Å²) in [6.07, 6.45) is 6.40. The minimum absolute atomic E-state index is 0.000281. The molecule has 2 heterocycles. The fourth-order valence-electron chi connectivity index (χ4n) is 4.67. The van der Waals surface area contributed by atoms with E-state index in [2.05, 4.69) is 34.0 Å². The Morgan fingerprint density at radius 1 is 1.21 bits per heavy atom. The zero-order chi connectivity index (χ0) is 24.2. The van der Waals surface area contributed by atoms with Crippen molar-refractivity contribution < 1.29 is 14.3 Å². The van der Waals surface area contributed by atoms with Crippen LogP contribution in [0.4, 0.5) is 5.82 Å². The molecule has 1 saturated carbocycles. The van der Waals surface area contributed by atoms with E-state index in [4.69, 9.17) is 4.74 Å². The molecule has 1 aliphatic carbocycles. The van der Waals surface area contributed by atoms with Crippen LogP contribution in [-0.2, 0) is 0 Å². The van der Waals surface area contributed by atoms with E-state index in [9.17, 15) is 9.59 Å². The highest BCUT2D eigenvalue weighted by molar-refractivity contribution is 5.96. The number of nitrogens with zero attached hydrogens (tertiary/aromatic N) is 2. The number of hydrogen-bond donors (Lipinski definition) is 2. The summed E-state index contributed by atoms with van der Waals surface area (Å²) in [5.41, 5.74) is 2.91. The minimum atomic E-state index is -0.104. The summed E-state index contributed by atoms with van der Waals surface area (Å²) < 4.78 is 5.33. The Morgan fingerprint density at radius 3 is 2.62 bits per heavy atom. The maximum atomic E-state index is 12.8. The van der Waals surface area contributed by atoms with Crippen molar-refractivity contribution in [3.8, 4) is 5.75 Å². The number of aromatic nitrogens is 1. The fourth-order valence-corrected chi connectivity index (χ4v) is 4.67. The van der Waals surface area contributed by atoms with Crippen LogP contribution in [-0.4, -0.2) is 42.5 Å². The van der Waals surface area contributed by atoms with Gasteiger partial charge < -0.3 is 20.3 Å². The van der Waals surface area contributed by atoms with Gasteiger partial charge in [0.1, 0.15) is 11.6 Å². The quantitative estimate of drug-likeness (QED) is 0.613. The molecule has 7 heteroatoms. The van der Waals surface area contributed by atoms with Gasteiger partial charge in [-0.2, -0.15) is 0 Å². The average molecular weight is 463 g/mol. The van der Waals surface area contributed by atoms with E-state index in [1.807, 2.05) is 37.3 Å². The first-order chi connectivity index (χ1) is 16.4. The van der Waals surface area contributed by atoms with Crippen LogP contribution >= 0.6 is 0 Å². The lowest BCUT2D eigenvalue weighted by Gasteiger charge is -2.35. The van der Waals surface area contributed by atoms with Crippen LogP contribution < -0.4 is 20.3 Å². The highest BCUT2D eigenvalue weighted by Gasteiger charge is 2.31. The Bertz CT molecular complexity index is 1060. The normalized spacial score (nSPS) is 18.9. The predicted octanol–water partition coefficient (Wildman–Crippen LogP) is 4.23. The molecule has 1 aromatic carbocycles. The number of nitrogens with one attached hydrogen (secondary N) is 2. The van der Waals surface area contributed by atoms with Gasteiger partial charge in [-0.05, 0) is 62.8 Å². The number of benzene rings is 1. The van der Waals surface area contributed by atoms with E-state index < -0.39 is 0 Å². The fraction of sp³-hybridized carbons (Fsp3) is 0.444. The van der Waals surface area contributed by atoms with Crippen LogP contribution in [0.15, 0.2) is 48.8 Å². The number of pyridine rings is 1. The summed E-state index contributed by atoms with van der Waals surface area (Å²) in [5, 5.41) is 6.28. The topological polar surface area (TPSA) is 83.6 Å². The molecule has 2 unspecified atom stereocenters. The van der Waals surface area contributed by atoms with Crippen molar-refractivity contribution in [1.82, 2.24) is 15.6 Å². The molecule has 2 aromatic rings. The van der Waals surface area contributed by atoms with Crippen molar-refractivity contribution >= 4 is 17.6 Å². The van der Waals surface area contributed by atoms with Gasteiger partial charge in [0.05, 0.1) is 12.7 Å². The summed E-state index contributed by atoms with van der Waals surface area (Å²) in [7, 11) is 1.60. The number of amides is 2. The summed E-state index contributed by atoms with van der Waals surface area (Å²) in [6, 6.07) is 9.44. The van der Waals surface area contributed by atoms with Gasteiger partial charge in [-0.1, -0.05) is 19.6 Å². The van der Waals surface area contributed by atoms with Gasteiger partial charge in [0.15, 0.2) is 0 Å². The Morgan fingerprint density at radius 2 is 2.00 bits per heavy atom. The lowest BCUT2D eigenvalue weighted by molar-refractivity contribution is 0.0923. The van der Waals surface area contributed by atoms with Gasteiger partial charge in [-0.3, -0.25) is 9.59 Å². The number of piperidine rings is 1. The van der Waals surface area contributed by atoms with Gasteiger partial charge in [0.2, 0.25) is 0 Å². The number of ether oxygens (including phenoxy) is 1. The lowest BCUT2D eigenvalue weighted by atomic mass is 10.0. The Hall–Kier alpha value is -3.35. The third-order valence-corrected chi connectivity index (χ3v) is 6.88. The Labute approximate surface area is 201 Å². The first-order valence-corrected chi connectivity index (χ1v) is 12.1. The average Bonchev–Trinajstić information content (AvgIpc) is 3.68. The highest BCUT2D eigenvalue weighted by Crippen LogP contribution is 2.34. The Kier molecular flexibility index (Phi) is 7.20. The van der Waals surface area contributed by atoms with Crippen molar-refractivity contribution in [2.24, 2.45) is 5.92 Å². The molecule has 2 aliphatic rings. The molecule has 2 atom stereocenters. The summed E-state index contributed by atoms with van der Waals surface area (Å²) in [4.78, 5) is 32.0.